The molecular formula is C36H44BrN3O6. The predicted octanol–water partition coefficient (Wildman–Crippen LogP) is 4.96. The number of amides is 3. The van der Waals surface area contributed by atoms with Gasteiger partial charge in [-0.15, -0.1) is 13.2 Å². The first kappa shape index (κ1) is 33.9. The molecule has 3 amide bonds. The van der Waals surface area contributed by atoms with E-state index >= 15 is 0 Å². The Balaban J connectivity index is 1.57. The van der Waals surface area contributed by atoms with E-state index in [-0.39, 0.29) is 48.8 Å². The number of hydrogen-bond donors (Lipinski definition) is 1. The van der Waals surface area contributed by atoms with Gasteiger partial charge in [-0.05, 0) is 75.4 Å². The van der Waals surface area contributed by atoms with Crippen LogP contribution in [0.3, 0.4) is 0 Å². The third kappa shape index (κ3) is 5.80. The summed E-state index contributed by atoms with van der Waals surface area (Å²) in [5.74, 6) is -1.75. The molecule has 2 aromatic carbocycles. The number of aliphatic hydroxyl groups is 1. The van der Waals surface area contributed by atoms with E-state index in [2.05, 4.69) is 29.1 Å². The van der Waals surface area contributed by atoms with Crippen molar-refractivity contribution in [3.63, 3.8) is 0 Å². The molecule has 246 valence electrons. The number of likely N-dealkylation sites (tertiary alicyclic amines) is 1. The number of aryl methyl sites for hydroxylation is 2. The van der Waals surface area contributed by atoms with E-state index in [0.717, 1.165) is 16.8 Å². The second kappa shape index (κ2) is 14.1. The Labute approximate surface area is 280 Å². The number of ether oxygens (including phenoxy) is 2. The van der Waals surface area contributed by atoms with E-state index in [1.54, 1.807) is 26.9 Å². The molecule has 3 heterocycles. The van der Waals surface area contributed by atoms with Crippen LogP contribution in [0.4, 0.5) is 11.4 Å². The SMILES string of the molecule is C=CCN(C(=O)[C@H]1[C@H]2C(=O)N(CCCCO)C(C(=O)N(CC=C)c3c(C)cccc3C)C23CC(Br)[C@@H]1O3)c1ccc(OCC)cc1. The number of nitrogens with zero attached hydrogens (tertiary/aromatic N) is 3. The zero-order valence-electron chi connectivity index (χ0n) is 26.9. The summed E-state index contributed by atoms with van der Waals surface area (Å²) in [5, 5.41) is 9.54. The van der Waals surface area contributed by atoms with Crippen LogP contribution in [0, 0.1) is 25.7 Å². The lowest BCUT2D eigenvalue weighted by molar-refractivity contribution is -0.140. The van der Waals surface area contributed by atoms with Crippen molar-refractivity contribution in [2.24, 2.45) is 11.8 Å². The number of alkyl halides is 1. The zero-order valence-corrected chi connectivity index (χ0v) is 28.4. The smallest absolute Gasteiger partial charge is 0.253 e. The Morgan fingerprint density at radius 1 is 1.07 bits per heavy atom. The largest absolute Gasteiger partial charge is 0.494 e. The second-order valence-electron chi connectivity index (χ2n) is 12.3. The van der Waals surface area contributed by atoms with Crippen LogP contribution in [0.25, 0.3) is 0 Å². The summed E-state index contributed by atoms with van der Waals surface area (Å²) in [6.07, 6.45) is 4.14. The van der Waals surface area contributed by atoms with Gasteiger partial charge in [0.15, 0.2) is 0 Å². The van der Waals surface area contributed by atoms with E-state index in [4.69, 9.17) is 9.47 Å². The number of hydrogen-bond acceptors (Lipinski definition) is 6. The van der Waals surface area contributed by atoms with Gasteiger partial charge in [0.05, 0.1) is 24.5 Å². The van der Waals surface area contributed by atoms with E-state index in [9.17, 15) is 19.5 Å². The molecule has 10 heteroatoms. The maximum atomic E-state index is 14.9. The molecule has 2 bridgehead atoms. The molecule has 3 aliphatic rings. The maximum absolute atomic E-state index is 14.9. The fourth-order valence-electron chi connectivity index (χ4n) is 7.65. The molecule has 0 radical (unpaired) electrons. The van der Waals surface area contributed by atoms with Gasteiger partial charge < -0.3 is 29.3 Å². The van der Waals surface area contributed by atoms with Gasteiger partial charge in [0.2, 0.25) is 11.8 Å². The maximum Gasteiger partial charge on any atom is 0.253 e. The van der Waals surface area contributed by atoms with Crippen molar-refractivity contribution in [3.05, 3.63) is 78.9 Å². The lowest BCUT2D eigenvalue weighted by Gasteiger charge is -2.38. The second-order valence-corrected chi connectivity index (χ2v) is 13.4. The number of benzene rings is 2. The van der Waals surface area contributed by atoms with E-state index < -0.39 is 29.6 Å². The van der Waals surface area contributed by atoms with Gasteiger partial charge in [-0.25, -0.2) is 0 Å². The van der Waals surface area contributed by atoms with Crippen LogP contribution < -0.4 is 14.5 Å². The van der Waals surface area contributed by atoms with Crippen molar-refractivity contribution in [3.8, 4) is 5.75 Å². The molecule has 0 aliphatic carbocycles. The van der Waals surface area contributed by atoms with Crippen molar-refractivity contribution in [2.45, 2.75) is 62.6 Å². The average molecular weight is 695 g/mol. The van der Waals surface area contributed by atoms with Crippen LogP contribution in [0.2, 0.25) is 0 Å². The molecule has 2 aromatic rings. The molecule has 46 heavy (non-hydrogen) atoms. The van der Waals surface area contributed by atoms with Crippen molar-refractivity contribution >= 4 is 45.0 Å². The van der Waals surface area contributed by atoms with Gasteiger partial charge >= 0.3 is 0 Å². The molecule has 3 unspecified atom stereocenters. The highest BCUT2D eigenvalue weighted by Gasteiger charge is 2.77. The van der Waals surface area contributed by atoms with Gasteiger partial charge in [-0.3, -0.25) is 14.4 Å². The Bertz CT molecular complexity index is 1460. The van der Waals surface area contributed by atoms with Crippen LogP contribution in [-0.2, 0) is 19.1 Å². The minimum Gasteiger partial charge on any atom is -0.494 e. The number of unbranched alkanes of at least 4 members (excludes halogenated alkanes) is 1. The molecule has 9 nitrogen and oxygen atoms in total. The van der Waals surface area contributed by atoms with Gasteiger partial charge in [-0.1, -0.05) is 46.3 Å². The first-order chi connectivity index (χ1) is 22.1. The summed E-state index contributed by atoms with van der Waals surface area (Å²) in [7, 11) is 0. The lowest BCUT2D eigenvalue weighted by Crippen LogP contribution is -2.57. The minimum absolute atomic E-state index is 0.0258. The number of carbonyl (C=O) groups is 3. The Morgan fingerprint density at radius 3 is 2.33 bits per heavy atom. The summed E-state index contributed by atoms with van der Waals surface area (Å²) in [5.41, 5.74) is 2.08. The predicted molar refractivity (Wildman–Crippen MR) is 182 cm³/mol. The fourth-order valence-corrected chi connectivity index (χ4v) is 8.59. The zero-order chi connectivity index (χ0) is 33.2. The van der Waals surface area contributed by atoms with Crippen molar-refractivity contribution in [2.75, 3.05) is 42.6 Å². The average Bonchev–Trinajstić information content (AvgIpc) is 3.62. The van der Waals surface area contributed by atoms with E-state index in [1.165, 1.54) is 0 Å². The standard InChI is InChI=1S/C36H44BrN3O6/c1-6-18-38(25-14-16-26(17-15-25)45-8-3)33(42)28-29-34(43)40(20-9-10-21-41)32(36(29)22-27(37)31(28)46-36)35(44)39(19-7-2)30-23(4)12-11-13-24(30)5/h6-7,11-17,27-29,31-32,41H,1-2,8-10,18-22H2,3-5H3/t27?,28-,29-,31-,32?,36?/m0/s1. The highest BCUT2D eigenvalue weighted by molar-refractivity contribution is 9.09. The fraction of sp³-hybridized carbons (Fsp3) is 0.472. The highest BCUT2D eigenvalue weighted by atomic mass is 79.9. The van der Waals surface area contributed by atoms with Crippen molar-refractivity contribution in [1.29, 1.82) is 0 Å². The minimum atomic E-state index is -1.21. The third-order valence-electron chi connectivity index (χ3n) is 9.44. The first-order valence-electron chi connectivity index (χ1n) is 16.0. The van der Waals surface area contributed by atoms with Crippen molar-refractivity contribution < 1.29 is 29.0 Å². The number of fused-ring (bicyclic) bond motifs is 1. The van der Waals surface area contributed by atoms with Gasteiger partial charge in [0.1, 0.15) is 17.4 Å². The quantitative estimate of drug-likeness (QED) is 0.171. The molecule has 5 rings (SSSR count). The van der Waals surface area contributed by atoms with Crippen LogP contribution in [-0.4, -0.2) is 83.2 Å². The van der Waals surface area contributed by atoms with Crippen LogP contribution in [0.5, 0.6) is 5.75 Å². The number of aliphatic hydroxyl groups excluding tert-OH is 1. The van der Waals surface area contributed by atoms with E-state index in [0.29, 0.717) is 37.3 Å². The number of halogens is 1. The Kier molecular flexibility index (Phi) is 10.4. The number of para-hydroxylation sites is 1. The lowest BCUT2D eigenvalue weighted by atomic mass is 9.70. The molecule has 1 N–H and O–H groups in total. The number of carbonyl (C=O) groups excluding carboxylic acids is 3. The molecule has 1 spiro atoms. The summed E-state index contributed by atoms with van der Waals surface area (Å²) >= 11 is 3.79. The Hall–Kier alpha value is -3.47. The van der Waals surface area contributed by atoms with Crippen LogP contribution in [0.15, 0.2) is 67.8 Å². The number of rotatable bonds is 14. The van der Waals surface area contributed by atoms with Crippen LogP contribution >= 0.6 is 15.9 Å². The van der Waals surface area contributed by atoms with Crippen LogP contribution in [0.1, 0.15) is 37.3 Å². The van der Waals surface area contributed by atoms with Crippen molar-refractivity contribution in [1.82, 2.24) is 4.90 Å². The Morgan fingerprint density at radius 2 is 1.72 bits per heavy atom. The molecule has 3 fully saturated rings. The summed E-state index contributed by atoms with van der Waals surface area (Å²) in [6, 6.07) is 12.2. The normalized spacial score (nSPS) is 26.2. The molecular weight excluding hydrogens is 650 g/mol. The van der Waals surface area contributed by atoms with E-state index in [1.807, 2.05) is 63.2 Å². The first-order valence-corrected chi connectivity index (χ1v) is 16.9. The van der Waals surface area contributed by atoms with Gasteiger partial charge in [-0.2, -0.15) is 0 Å². The number of anilines is 2. The molecule has 3 aliphatic heterocycles. The summed E-state index contributed by atoms with van der Waals surface area (Å²) in [4.78, 5) is 48.8. The molecule has 3 saturated heterocycles. The highest BCUT2D eigenvalue weighted by Crippen LogP contribution is 2.60. The summed E-state index contributed by atoms with van der Waals surface area (Å²) in [6.45, 7) is 14.9. The van der Waals surface area contributed by atoms with Gasteiger partial charge in [0.25, 0.3) is 5.91 Å². The third-order valence-corrected chi connectivity index (χ3v) is 10.3. The molecule has 0 saturated carbocycles. The van der Waals surface area contributed by atoms with Gasteiger partial charge in [0, 0.05) is 42.4 Å². The molecule has 6 atom stereocenters. The summed E-state index contributed by atoms with van der Waals surface area (Å²) < 4.78 is 12.4. The molecule has 0 aromatic heterocycles. The topological polar surface area (TPSA) is 99.6 Å². The monoisotopic (exact) mass is 693 g/mol.